The molecule has 0 aliphatic heterocycles. The Balaban J connectivity index is 3.60. The van der Waals surface area contributed by atoms with Gasteiger partial charge in [0.25, 0.3) is 16.3 Å². The summed E-state index contributed by atoms with van der Waals surface area (Å²) in [5.74, 6) is 0. The molecule has 13 heteroatoms. The second kappa shape index (κ2) is 4.52. The van der Waals surface area contributed by atoms with Crippen molar-refractivity contribution >= 4 is 33.3 Å². The summed E-state index contributed by atoms with van der Waals surface area (Å²) < 4.78 is 63.0. The van der Waals surface area contributed by atoms with E-state index in [2.05, 4.69) is 4.51 Å². The van der Waals surface area contributed by atoms with E-state index in [9.17, 15) is 21.8 Å². The van der Waals surface area contributed by atoms with Crippen molar-refractivity contribution in [3.8, 4) is 0 Å². The number of hydrogen-bond acceptors (Lipinski definition) is 1. The Morgan fingerprint density at radius 3 is 2.38 bits per heavy atom. The van der Waals surface area contributed by atoms with Crippen molar-refractivity contribution in [2.75, 3.05) is 0 Å². The molecule has 3 unspecified atom stereocenters. The topological polar surface area (TPSA) is 27.7 Å². The first-order valence-electron chi connectivity index (χ1n) is 2.49. The molecule has 0 radical (unpaired) electrons. The van der Waals surface area contributed by atoms with Crippen LogP contribution in [0.1, 0.15) is 0 Å². The molecule has 0 aliphatic carbocycles. The van der Waals surface area contributed by atoms with Crippen LogP contribution in [0.15, 0.2) is 0 Å². The predicted molar refractivity (Wildman–Crippen MR) is 43.4 cm³/mol. The quantitative estimate of drug-likeness (QED) is 0.658. The fourth-order valence-corrected chi connectivity index (χ4v) is 4.40. The van der Waals surface area contributed by atoms with E-state index >= 15 is 0 Å². The van der Waals surface area contributed by atoms with E-state index in [-0.39, 0.29) is 0 Å². The molecule has 76 valence electrons. The molecule has 4 nitrogen and oxygen atoms in total. The fraction of sp³-hybridized carbons (Fsp3) is 0. The molecule has 0 bridgehead atoms. The van der Waals surface area contributed by atoms with E-state index in [1.807, 2.05) is 0 Å². The van der Waals surface area contributed by atoms with Crippen LogP contribution in [0.2, 0.25) is 0 Å². The molecule has 1 aromatic heterocycles. The molecule has 0 spiro atoms. The van der Waals surface area contributed by atoms with Gasteiger partial charge in [0.05, 0.1) is 8.51 Å². The first-order chi connectivity index (χ1) is 6.04. The number of halogens is 5. The van der Waals surface area contributed by atoms with Gasteiger partial charge in [-0.3, -0.25) is 0 Å². The fourth-order valence-electron chi connectivity index (χ4n) is 0.350. The van der Waals surface area contributed by atoms with Gasteiger partial charge in [-0.25, -0.2) is 0 Å². The van der Waals surface area contributed by atoms with E-state index in [4.69, 9.17) is 0 Å². The summed E-state index contributed by atoms with van der Waals surface area (Å²) in [6, 6.07) is 0. The summed E-state index contributed by atoms with van der Waals surface area (Å²) in [4.78, 5) is 0. The van der Waals surface area contributed by atoms with Crippen LogP contribution >= 0.6 is 33.3 Å². The lowest BCUT2D eigenvalue weighted by molar-refractivity contribution is 0.385. The number of nitrogens with zero attached hydrogens (tertiary/aromatic N) is 4. The van der Waals surface area contributed by atoms with Gasteiger partial charge in [0.15, 0.2) is 8.51 Å². The highest BCUT2D eigenvalue weighted by Crippen LogP contribution is 2.40. The Morgan fingerprint density at radius 2 is 1.77 bits per heavy atom. The molecule has 0 saturated heterocycles. The molecule has 1 rings (SSSR count). The molecular weight excluding hydrogens is 275 g/mol. The summed E-state index contributed by atoms with van der Waals surface area (Å²) in [5.41, 5.74) is 0. The maximum atomic E-state index is 12.5. The van der Waals surface area contributed by atoms with Gasteiger partial charge in [-0.15, -0.1) is 12.7 Å². The van der Waals surface area contributed by atoms with E-state index in [1.54, 1.807) is 0 Å². The van der Waals surface area contributed by atoms with Crippen molar-refractivity contribution in [3.05, 3.63) is 0 Å². The molecule has 0 aliphatic rings. The van der Waals surface area contributed by atoms with E-state index in [0.29, 0.717) is 0 Å². The lowest BCUT2D eigenvalue weighted by Gasteiger charge is -1.98. The van der Waals surface area contributed by atoms with Crippen LogP contribution in [-0.4, -0.2) is 17.5 Å². The largest absolute Gasteiger partial charge is 0.292 e. The third kappa shape index (κ3) is 2.50. The first-order valence-corrected chi connectivity index (χ1v) is 6.46. The van der Waals surface area contributed by atoms with Crippen molar-refractivity contribution in [2.45, 2.75) is 0 Å². The van der Waals surface area contributed by atoms with Gasteiger partial charge in [0, 0.05) is 0 Å². The summed E-state index contributed by atoms with van der Waals surface area (Å²) in [5, 5.41) is 0. The maximum absolute atomic E-state index is 12.5. The van der Waals surface area contributed by atoms with Crippen LogP contribution in [-0.2, 0) is 0 Å². The van der Waals surface area contributed by atoms with Crippen molar-refractivity contribution < 1.29 is 21.8 Å². The van der Waals surface area contributed by atoms with Gasteiger partial charge < -0.3 is 0 Å². The lowest BCUT2D eigenvalue weighted by atomic mass is 13.7. The molecule has 0 aromatic carbocycles. The Labute approximate surface area is 73.5 Å². The molecule has 1 aromatic rings. The molecule has 0 saturated carbocycles. The highest BCUT2D eigenvalue weighted by Gasteiger charge is 2.09. The van der Waals surface area contributed by atoms with Gasteiger partial charge in [-0.2, -0.15) is 4.51 Å². The third-order valence-corrected chi connectivity index (χ3v) is 5.27. The molecule has 1 heterocycles. The van der Waals surface area contributed by atoms with Crippen LogP contribution in [0.5, 0.6) is 0 Å². The van der Waals surface area contributed by atoms with Crippen molar-refractivity contribution in [1.82, 2.24) is 17.5 Å². The highest BCUT2D eigenvalue weighted by atomic mass is 31.2. The van der Waals surface area contributed by atoms with E-state index in [0.717, 1.165) is 0 Å². The van der Waals surface area contributed by atoms with Crippen LogP contribution in [0.3, 0.4) is 0 Å². The van der Waals surface area contributed by atoms with Gasteiger partial charge in [0.1, 0.15) is 0 Å². The van der Waals surface area contributed by atoms with Gasteiger partial charge in [-0.05, 0) is 0 Å². The summed E-state index contributed by atoms with van der Waals surface area (Å²) >= 11 is 0. The number of aromatic nitrogens is 4. The molecule has 0 N–H and O–H groups in total. The predicted octanol–water partition coefficient (Wildman–Crippen LogP) is 3.98. The normalized spacial score (nSPS) is 13.9. The summed E-state index contributed by atoms with van der Waals surface area (Å²) in [6.45, 7) is 0. The van der Waals surface area contributed by atoms with Gasteiger partial charge >= 0.3 is 0 Å². The average molecular weight is 276 g/mol. The van der Waals surface area contributed by atoms with Crippen LogP contribution in [0, 0.1) is 0 Å². The second-order valence-electron chi connectivity index (χ2n) is 1.51. The van der Waals surface area contributed by atoms with Crippen molar-refractivity contribution in [2.24, 2.45) is 0 Å². The monoisotopic (exact) mass is 276 g/mol. The van der Waals surface area contributed by atoms with Crippen molar-refractivity contribution in [3.63, 3.8) is 0 Å². The molecule has 0 amide bonds. The molecule has 13 heavy (non-hydrogen) atoms. The minimum Gasteiger partial charge on any atom is -0.179 e. The van der Waals surface area contributed by atoms with Crippen LogP contribution < -0.4 is 0 Å². The van der Waals surface area contributed by atoms with Crippen molar-refractivity contribution in [1.29, 1.82) is 0 Å². The number of hydrogen-bond donors (Lipinski definition) is 0. The second-order valence-corrected chi connectivity index (χ2v) is 6.81. The standard InChI is InChI=1S/F5HN4P4/c1-7-10-6-11-8(2)13(5)9(3)12(7)4/h10H. The molecule has 3 atom stereocenters. The molecule has 0 fully saturated rings. The zero-order valence-corrected chi connectivity index (χ0v) is 9.20. The third-order valence-electron chi connectivity index (χ3n) is 0.799. The zero-order valence-electron chi connectivity index (χ0n) is 5.52. The Kier molecular flexibility index (Phi) is 3.87. The SMILES string of the molecule is Fn1pn[pH]n(F)p(F)n(F)p1F. The highest BCUT2D eigenvalue weighted by molar-refractivity contribution is 7.54. The minimum absolute atomic E-state index is 0.574. The smallest absolute Gasteiger partial charge is 0.179 e. The molecular formula is HF5N4P4. The summed E-state index contributed by atoms with van der Waals surface area (Å²) in [7, 11) is -8.88. The Hall–Kier alpha value is 0.0500. The van der Waals surface area contributed by atoms with Gasteiger partial charge in [-0.1, -0.05) is 22.1 Å². The zero-order chi connectivity index (χ0) is 10.0. The van der Waals surface area contributed by atoms with E-state index < -0.39 is 46.3 Å². The minimum atomic E-state index is -3.62. The summed E-state index contributed by atoms with van der Waals surface area (Å²) in [6.07, 6.45) is 0. The van der Waals surface area contributed by atoms with E-state index in [1.165, 1.54) is 0 Å². The Bertz CT molecular complexity index is 336. The first kappa shape index (κ1) is 11.1. The lowest BCUT2D eigenvalue weighted by Crippen LogP contribution is -1.82. The average Bonchev–Trinajstić information content (AvgIpc) is 2.12. The van der Waals surface area contributed by atoms with Crippen LogP contribution in [0.25, 0.3) is 0 Å². The van der Waals surface area contributed by atoms with Gasteiger partial charge in [0.2, 0.25) is 0 Å². The van der Waals surface area contributed by atoms with Crippen LogP contribution in [0.4, 0.5) is 21.8 Å². The number of rotatable bonds is 0. The Morgan fingerprint density at radius 1 is 1.15 bits per heavy atom. The maximum Gasteiger partial charge on any atom is 0.292 e.